The number of pyridine rings is 1. The first-order valence-electron chi connectivity index (χ1n) is 7.86. The maximum Gasteiger partial charge on any atom is 0.273 e. The Hall–Kier alpha value is -3.09. The lowest BCUT2D eigenvalue weighted by Crippen LogP contribution is -2.34. The van der Waals surface area contributed by atoms with Crippen molar-refractivity contribution in [1.29, 1.82) is 0 Å². The molecule has 6 nitrogen and oxygen atoms in total. The molecule has 0 unspecified atom stereocenters. The summed E-state index contributed by atoms with van der Waals surface area (Å²) in [5.41, 5.74) is 2.06. The maximum atomic E-state index is 13.2. The number of benzene rings is 1. The summed E-state index contributed by atoms with van der Waals surface area (Å²) >= 11 is 0. The fourth-order valence-corrected chi connectivity index (χ4v) is 2.51. The van der Waals surface area contributed by atoms with Crippen molar-refractivity contribution in [3.63, 3.8) is 0 Å². The van der Waals surface area contributed by atoms with E-state index in [-0.39, 0.29) is 25.5 Å². The van der Waals surface area contributed by atoms with Crippen LogP contribution in [0.25, 0.3) is 0 Å². The van der Waals surface area contributed by atoms with Crippen LogP contribution in [0.3, 0.4) is 0 Å². The number of anilines is 1. The molecule has 2 amide bonds. The Morgan fingerprint density at radius 1 is 1.28 bits per heavy atom. The average Bonchev–Trinajstić information content (AvgIpc) is 2.59. The Labute approximate surface area is 145 Å². The Balaban J connectivity index is 0.00000243. The number of nitrogens with zero attached hydrogens (tertiary/aromatic N) is 3. The molecule has 1 aliphatic heterocycles. The van der Waals surface area contributed by atoms with Gasteiger partial charge in [0.1, 0.15) is 17.3 Å². The van der Waals surface area contributed by atoms with E-state index in [2.05, 4.69) is 15.4 Å². The highest BCUT2D eigenvalue weighted by molar-refractivity contribution is 6.43. The minimum absolute atomic E-state index is 0. The minimum Gasteiger partial charge on any atom is -0.305 e. The molecule has 0 saturated carbocycles. The minimum atomic E-state index is -0.371. The van der Waals surface area contributed by atoms with Crippen molar-refractivity contribution in [2.75, 3.05) is 12.4 Å². The lowest BCUT2D eigenvalue weighted by atomic mass is 10.1. The van der Waals surface area contributed by atoms with Crippen LogP contribution in [0.5, 0.6) is 0 Å². The number of aromatic nitrogens is 1. The molecule has 1 aromatic heterocycles. The lowest BCUT2D eigenvalue weighted by molar-refractivity contribution is -0.130. The Bertz CT molecular complexity index is 839. The first kappa shape index (κ1) is 16.8. The molecule has 3 rings (SSSR count). The van der Waals surface area contributed by atoms with Crippen LogP contribution in [0, 0.1) is 5.82 Å². The normalized spacial score (nSPS) is 14.2. The number of halogens is 1. The zero-order valence-corrected chi connectivity index (χ0v) is 13.7. The standard InChI is InChI=1S/C18H17FN4O2.H2/c1-23-17(24)8-6-15(22-23)18(25)21-16-7-5-13(11-20-16)9-12-3-2-4-14(19)10-12;/h2-5,7,10-11H,6,8-9H2,1H3,(H,20,21,25);1H. The number of carbonyl (C=O) groups excluding carboxylic acids is 2. The average molecular weight is 342 g/mol. The molecule has 0 bridgehead atoms. The van der Waals surface area contributed by atoms with Crippen LogP contribution < -0.4 is 5.32 Å². The molecule has 130 valence electrons. The van der Waals surface area contributed by atoms with Gasteiger partial charge in [0.2, 0.25) is 5.91 Å². The summed E-state index contributed by atoms with van der Waals surface area (Å²) < 4.78 is 13.2. The van der Waals surface area contributed by atoms with E-state index in [1.807, 2.05) is 12.1 Å². The summed E-state index contributed by atoms with van der Waals surface area (Å²) in [6, 6.07) is 9.90. The van der Waals surface area contributed by atoms with Crippen molar-refractivity contribution in [1.82, 2.24) is 9.99 Å². The van der Waals surface area contributed by atoms with Crippen molar-refractivity contribution in [2.45, 2.75) is 19.3 Å². The molecule has 1 N–H and O–H groups in total. The number of amides is 2. The fourth-order valence-electron chi connectivity index (χ4n) is 2.51. The van der Waals surface area contributed by atoms with E-state index in [9.17, 15) is 14.0 Å². The van der Waals surface area contributed by atoms with E-state index in [1.165, 1.54) is 24.2 Å². The first-order chi connectivity index (χ1) is 12.0. The first-order valence-corrected chi connectivity index (χ1v) is 7.86. The van der Waals surface area contributed by atoms with Gasteiger partial charge in [-0.2, -0.15) is 5.10 Å². The highest BCUT2D eigenvalue weighted by Crippen LogP contribution is 2.13. The number of rotatable bonds is 4. The summed E-state index contributed by atoms with van der Waals surface area (Å²) in [4.78, 5) is 27.8. The maximum absolute atomic E-state index is 13.2. The number of hydrogen-bond acceptors (Lipinski definition) is 4. The molecule has 2 heterocycles. The van der Waals surface area contributed by atoms with Crippen LogP contribution in [-0.2, 0) is 16.0 Å². The molecule has 0 radical (unpaired) electrons. The zero-order chi connectivity index (χ0) is 17.8. The quantitative estimate of drug-likeness (QED) is 0.928. The van der Waals surface area contributed by atoms with E-state index < -0.39 is 0 Å². The summed E-state index contributed by atoms with van der Waals surface area (Å²) in [5.74, 6) is -0.359. The molecule has 1 aromatic carbocycles. The largest absolute Gasteiger partial charge is 0.305 e. The van der Waals surface area contributed by atoms with Crippen molar-refractivity contribution in [2.24, 2.45) is 5.10 Å². The van der Waals surface area contributed by atoms with E-state index >= 15 is 0 Å². The van der Waals surface area contributed by atoms with Gasteiger partial charge in [0.15, 0.2) is 0 Å². The molecular formula is C18H19FN4O2. The smallest absolute Gasteiger partial charge is 0.273 e. The number of nitrogens with one attached hydrogen (secondary N) is 1. The molecule has 0 saturated heterocycles. The molecule has 0 aliphatic carbocycles. The third kappa shape index (κ3) is 4.26. The highest BCUT2D eigenvalue weighted by Gasteiger charge is 2.22. The SMILES string of the molecule is CN1N=C(C(=O)Nc2ccc(Cc3cccc(F)c3)cn2)CCC1=O.[HH]. The summed E-state index contributed by atoms with van der Waals surface area (Å²) in [7, 11) is 1.52. The van der Waals surface area contributed by atoms with Crippen LogP contribution in [-0.4, -0.2) is 34.6 Å². The van der Waals surface area contributed by atoms with Crippen molar-refractivity contribution >= 4 is 23.3 Å². The van der Waals surface area contributed by atoms with E-state index in [0.29, 0.717) is 24.4 Å². The summed E-state index contributed by atoms with van der Waals surface area (Å²) in [6.07, 6.45) is 2.77. The van der Waals surface area contributed by atoms with E-state index in [4.69, 9.17) is 0 Å². The molecule has 7 heteroatoms. The molecule has 2 aromatic rings. The van der Waals surface area contributed by atoms with Crippen molar-refractivity contribution < 1.29 is 15.4 Å². The molecule has 25 heavy (non-hydrogen) atoms. The fraction of sp³-hybridized carbons (Fsp3) is 0.222. The van der Waals surface area contributed by atoms with Gasteiger partial charge in [0.05, 0.1) is 0 Å². The predicted molar refractivity (Wildman–Crippen MR) is 93.6 cm³/mol. The predicted octanol–water partition coefficient (Wildman–Crippen LogP) is 2.60. The van der Waals surface area contributed by atoms with Gasteiger partial charge in [0.25, 0.3) is 5.91 Å². The molecule has 1 aliphatic rings. The monoisotopic (exact) mass is 342 g/mol. The number of hydrazone groups is 1. The van der Waals surface area contributed by atoms with Crippen LogP contribution >= 0.6 is 0 Å². The molecular weight excluding hydrogens is 323 g/mol. The van der Waals surface area contributed by atoms with Gasteiger partial charge in [0, 0.05) is 27.5 Å². The van der Waals surface area contributed by atoms with Gasteiger partial charge in [-0.3, -0.25) is 9.59 Å². The Morgan fingerprint density at radius 3 is 2.80 bits per heavy atom. The van der Waals surface area contributed by atoms with Crippen LogP contribution in [0.1, 0.15) is 25.4 Å². The third-order valence-electron chi connectivity index (χ3n) is 3.83. The third-order valence-corrected chi connectivity index (χ3v) is 3.83. The Kier molecular flexibility index (Phi) is 4.83. The van der Waals surface area contributed by atoms with Gasteiger partial charge in [-0.05, 0) is 35.7 Å². The van der Waals surface area contributed by atoms with Crippen molar-refractivity contribution in [3.8, 4) is 0 Å². The number of carbonyl (C=O) groups is 2. The second-order valence-corrected chi connectivity index (χ2v) is 5.78. The van der Waals surface area contributed by atoms with E-state index in [1.54, 1.807) is 18.3 Å². The second kappa shape index (κ2) is 7.21. The van der Waals surface area contributed by atoms with Crippen LogP contribution in [0.2, 0.25) is 0 Å². The van der Waals surface area contributed by atoms with Crippen molar-refractivity contribution in [3.05, 3.63) is 59.5 Å². The lowest BCUT2D eigenvalue weighted by Gasteiger charge is -2.18. The Morgan fingerprint density at radius 2 is 2.12 bits per heavy atom. The highest BCUT2D eigenvalue weighted by atomic mass is 19.1. The molecule has 0 atom stereocenters. The number of hydrogen-bond donors (Lipinski definition) is 1. The van der Waals surface area contributed by atoms with Gasteiger partial charge in [-0.25, -0.2) is 14.4 Å². The molecule has 0 spiro atoms. The van der Waals surface area contributed by atoms with Gasteiger partial charge in [-0.15, -0.1) is 0 Å². The van der Waals surface area contributed by atoms with Gasteiger partial charge in [-0.1, -0.05) is 18.2 Å². The van der Waals surface area contributed by atoms with Crippen LogP contribution in [0.4, 0.5) is 10.2 Å². The van der Waals surface area contributed by atoms with Gasteiger partial charge < -0.3 is 5.32 Å². The topological polar surface area (TPSA) is 74.7 Å². The van der Waals surface area contributed by atoms with Crippen LogP contribution in [0.15, 0.2) is 47.7 Å². The summed E-state index contributed by atoms with van der Waals surface area (Å²) in [6.45, 7) is 0. The van der Waals surface area contributed by atoms with E-state index in [0.717, 1.165) is 11.1 Å². The summed E-state index contributed by atoms with van der Waals surface area (Å²) in [5, 5.41) is 7.81. The molecule has 0 fully saturated rings. The second-order valence-electron chi connectivity index (χ2n) is 5.78. The van der Waals surface area contributed by atoms with Gasteiger partial charge >= 0.3 is 0 Å². The zero-order valence-electron chi connectivity index (χ0n) is 13.7.